The maximum Gasteiger partial charge on any atom is 0.249 e. The van der Waals surface area contributed by atoms with E-state index in [1.165, 1.54) is 0 Å². The predicted molar refractivity (Wildman–Crippen MR) is 123 cm³/mol. The number of nitrogen functional groups attached to an aromatic ring is 1. The number of nitrogens with one attached hydrogen (secondary N) is 4. The molecule has 1 aromatic carbocycles. The summed E-state index contributed by atoms with van der Waals surface area (Å²) in [5.74, 6) is -0.667. The lowest BCUT2D eigenvalue weighted by atomic mass is 9.98. The van der Waals surface area contributed by atoms with E-state index in [1.54, 1.807) is 0 Å². The molecule has 0 aliphatic carbocycles. The minimum atomic E-state index is -0.927. The van der Waals surface area contributed by atoms with Gasteiger partial charge >= 0.3 is 0 Å². The first-order chi connectivity index (χ1) is 14.9. The summed E-state index contributed by atoms with van der Waals surface area (Å²) in [6, 6.07) is -0.927. The van der Waals surface area contributed by atoms with Gasteiger partial charge < -0.3 is 32.7 Å². The van der Waals surface area contributed by atoms with Gasteiger partial charge in [-0.1, -0.05) is 6.92 Å². The minimum absolute atomic E-state index is 0.0741. The zero-order chi connectivity index (χ0) is 23.1. The van der Waals surface area contributed by atoms with Crippen molar-refractivity contribution in [2.75, 3.05) is 45.0 Å². The number of nitrogens with two attached hydrogens (primary N) is 2. The third-order valence-corrected chi connectivity index (χ3v) is 4.93. The van der Waals surface area contributed by atoms with Crippen LogP contribution in [0.5, 0.6) is 0 Å². The second-order valence-corrected chi connectivity index (χ2v) is 7.62. The Bertz CT molecular complexity index is 745. The lowest BCUT2D eigenvalue weighted by Crippen LogP contribution is -2.51. The van der Waals surface area contributed by atoms with E-state index >= 15 is 0 Å². The van der Waals surface area contributed by atoms with Crippen molar-refractivity contribution in [2.24, 2.45) is 5.73 Å². The molecule has 1 atom stereocenters. The first kappa shape index (κ1) is 26.7. The van der Waals surface area contributed by atoms with Crippen molar-refractivity contribution >= 4 is 17.5 Å². The first-order valence-electron chi connectivity index (χ1n) is 11.2. The van der Waals surface area contributed by atoms with E-state index < -0.39 is 16.9 Å². The van der Waals surface area contributed by atoms with Gasteiger partial charge in [0.2, 0.25) is 22.7 Å². The zero-order valence-corrected chi connectivity index (χ0v) is 18.6. The van der Waals surface area contributed by atoms with Gasteiger partial charge in [0.25, 0.3) is 0 Å². The molecule has 1 aromatic rings. The topological polar surface area (TPSA) is 168 Å². The van der Waals surface area contributed by atoms with Gasteiger partial charge in [-0.3, -0.25) is 19.2 Å². The molecule has 0 aliphatic rings. The van der Waals surface area contributed by atoms with Crippen molar-refractivity contribution in [3.8, 4) is 0 Å². The van der Waals surface area contributed by atoms with Gasteiger partial charge in [0.15, 0.2) is 0 Å². The van der Waals surface area contributed by atoms with E-state index in [9.17, 15) is 19.2 Å². The summed E-state index contributed by atoms with van der Waals surface area (Å²) in [4.78, 5) is 47.4. The number of carbonyl (C=O) groups is 2. The monoisotopic (exact) mass is 438 g/mol. The van der Waals surface area contributed by atoms with Gasteiger partial charge in [-0.2, -0.15) is 0 Å². The molecule has 0 heterocycles. The van der Waals surface area contributed by atoms with Crippen molar-refractivity contribution in [2.45, 2.75) is 57.9 Å². The predicted octanol–water partition coefficient (Wildman–Crippen LogP) is -1.49. The third-order valence-electron chi connectivity index (χ3n) is 4.93. The standard InChI is InChI=1S/C21H38N6O4/c1-2-7-17(28)27-16(14-15-18(23)20(30)19(15)29)21(31)26-13-6-12-25-10-4-3-9-24-11-5-8-22/h16,24-25H,2-14,22-23H2,1H3,(H,26,31)(H,27,28). The minimum Gasteiger partial charge on any atom is -0.395 e. The molecular weight excluding hydrogens is 400 g/mol. The number of hydrogen-bond donors (Lipinski definition) is 6. The summed E-state index contributed by atoms with van der Waals surface area (Å²) in [6.45, 7) is 6.61. The molecule has 0 aromatic heterocycles. The van der Waals surface area contributed by atoms with Crippen molar-refractivity contribution in [1.29, 1.82) is 0 Å². The zero-order valence-electron chi connectivity index (χ0n) is 18.6. The van der Waals surface area contributed by atoms with Gasteiger partial charge in [0.1, 0.15) is 6.04 Å². The van der Waals surface area contributed by atoms with E-state index in [0.29, 0.717) is 19.5 Å². The van der Waals surface area contributed by atoms with Crippen LogP contribution in [-0.4, -0.2) is 57.1 Å². The van der Waals surface area contributed by atoms with Crippen LogP contribution >= 0.6 is 0 Å². The fourth-order valence-electron chi connectivity index (χ4n) is 3.09. The van der Waals surface area contributed by atoms with Gasteiger partial charge in [0.05, 0.1) is 5.69 Å². The molecule has 10 nitrogen and oxygen atoms in total. The van der Waals surface area contributed by atoms with E-state index in [0.717, 1.165) is 51.9 Å². The quantitative estimate of drug-likeness (QED) is 0.119. The second kappa shape index (κ2) is 15.5. The third kappa shape index (κ3) is 10.0. The highest BCUT2D eigenvalue weighted by Crippen LogP contribution is 2.07. The van der Waals surface area contributed by atoms with Gasteiger partial charge in [-0.15, -0.1) is 0 Å². The molecule has 0 fully saturated rings. The molecule has 0 saturated heterocycles. The Morgan fingerprint density at radius 3 is 2.10 bits per heavy atom. The van der Waals surface area contributed by atoms with E-state index in [1.807, 2.05) is 6.92 Å². The highest BCUT2D eigenvalue weighted by atomic mass is 16.2. The molecule has 31 heavy (non-hydrogen) atoms. The van der Waals surface area contributed by atoms with E-state index in [-0.39, 0.29) is 35.9 Å². The van der Waals surface area contributed by atoms with Crippen LogP contribution in [0.2, 0.25) is 0 Å². The molecule has 2 amide bonds. The lowest BCUT2D eigenvalue weighted by molar-refractivity contribution is -0.129. The summed E-state index contributed by atoms with van der Waals surface area (Å²) in [6.07, 6.45) is 4.72. The summed E-state index contributed by atoms with van der Waals surface area (Å²) in [5.41, 5.74) is 9.58. The number of amides is 2. The molecule has 0 aliphatic heterocycles. The largest absolute Gasteiger partial charge is 0.395 e. The van der Waals surface area contributed by atoms with Crippen LogP contribution in [0.4, 0.5) is 5.69 Å². The maximum atomic E-state index is 12.5. The summed E-state index contributed by atoms with van der Waals surface area (Å²) < 4.78 is 0. The fraction of sp³-hybridized carbons (Fsp3) is 0.714. The molecular formula is C21H38N6O4. The van der Waals surface area contributed by atoms with Crippen LogP contribution in [-0.2, 0) is 16.0 Å². The Labute approximate surface area is 183 Å². The molecule has 176 valence electrons. The second-order valence-electron chi connectivity index (χ2n) is 7.62. The molecule has 0 saturated carbocycles. The van der Waals surface area contributed by atoms with Crippen molar-refractivity contribution in [3.05, 3.63) is 26.0 Å². The van der Waals surface area contributed by atoms with Gasteiger partial charge in [-0.25, -0.2) is 0 Å². The van der Waals surface area contributed by atoms with Crippen molar-refractivity contribution in [1.82, 2.24) is 21.3 Å². The van der Waals surface area contributed by atoms with Crippen molar-refractivity contribution in [3.63, 3.8) is 0 Å². The normalized spacial score (nSPS) is 12.1. The highest BCUT2D eigenvalue weighted by Gasteiger charge is 2.27. The van der Waals surface area contributed by atoms with Crippen LogP contribution in [0, 0.1) is 0 Å². The number of carbonyl (C=O) groups excluding carboxylic acids is 2. The summed E-state index contributed by atoms with van der Waals surface area (Å²) >= 11 is 0. The highest BCUT2D eigenvalue weighted by molar-refractivity contribution is 5.88. The SMILES string of the molecule is CCCC(=O)NC(Cc1c(N)c(=O)c1=O)C(=O)NCCCNCCCCNCCCN. The smallest absolute Gasteiger partial charge is 0.249 e. The Morgan fingerprint density at radius 2 is 1.52 bits per heavy atom. The Morgan fingerprint density at radius 1 is 0.903 bits per heavy atom. The average molecular weight is 439 g/mol. The molecule has 0 spiro atoms. The summed E-state index contributed by atoms with van der Waals surface area (Å²) in [5, 5.41) is 12.1. The molecule has 8 N–H and O–H groups in total. The molecule has 1 unspecified atom stereocenters. The van der Waals surface area contributed by atoms with Gasteiger partial charge in [0, 0.05) is 24.9 Å². The number of rotatable bonds is 18. The van der Waals surface area contributed by atoms with E-state index in [2.05, 4.69) is 21.3 Å². The molecule has 0 bridgehead atoms. The maximum absolute atomic E-state index is 12.5. The average Bonchev–Trinajstić information content (AvgIpc) is 2.76. The lowest BCUT2D eigenvalue weighted by Gasteiger charge is -2.19. The van der Waals surface area contributed by atoms with Crippen molar-refractivity contribution < 1.29 is 9.59 Å². The molecule has 10 heteroatoms. The van der Waals surface area contributed by atoms with Crippen LogP contribution in [0.15, 0.2) is 9.59 Å². The first-order valence-corrected chi connectivity index (χ1v) is 11.2. The van der Waals surface area contributed by atoms with Gasteiger partial charge in [-0.05, 0) is 64.8 Å². The van der Waals surface area contributed by atoms with Crippen LogP contribution in [0.1, 0.15) is 51.0 Å². The molecule has 0 radical (unpaired) electrons. The molecule has 1 rings (SSSR count). The number of anilines is 1. The summed E-state index contributed by atoms with van der Waals surface area (Å²) in [7, 11) is 0. The number of hydrogen-bond acceptors (Lipinski definition) is 8. The Balaban J connectivity index is 2.29. The van der Waals surface area contributed by atoms with Crippen LogP contribution in [0.25, 0.3) is 0 Å². The van der Waals surface area contributed by atoms with Crippen LogP contribution < -0.4 is 43.6 Å². The fourth-order valence-corrected chi connectivity index (χ4v) is 3.09. The Hall–Kier alpha value is -2.30. The number of unbranched alkanes of at least 4 members (excludes halogenated alkanes) is 1. The Kier molecular flexibility index (Phi) is 13.4. The van der Waals surface area contributed by atoms with E-state index in [4.69, 9.17) is 11.5 Å². The van der Waals surface area contributed by atoms with Crippen LogP contribution in [0.3, 0.4) is 0 Å².